The van der Waals surface area contributed by atoms with Crippen molar-refractivity contribution in [2.24, 2.45) is 0 Å². The van der Waals surface area contributed by atoms with Crippen LogP contribution in [-0.2, 0) is 0 Å². The fourth-order valence-corrected chi connectivity index (χ4v) is 3.98. The first kappa shape index (κ1) is 14.9. The second-order valence-electron chi connectivity index (χ2n) is 5.02. The zero-order valence-electron chi connectivity index (χ0n) is 12.5. The Morgan fingerprint density at radius 3 is 2.88 bits per heavy atom. The van der Waals surface area contributed by atoms with Gasteiger partial charge in [0.05, 0.1) is 16.5 Å². The van der Waals surface area contributed by atoms with Crippen LogP contribution in [0, 0.1) is 6.92 Å². The number of amides is 1. The Labute approximate surface area is 144 Å². The maximum atomic E-state index is 12.9. The van der Waals surface area contributed by atoms with E-state index in [1.807, 2.05) is 5.38 Å². The molecule has 0 aromatic carbocycles. The molecule has 1 N–H and O–H groups in total. The highest BCUT2D eigenvalue weighted by Crippen LogP contribution is 2.31. The summed E-state index contributed by atoms with van der Waals surface area (Å²) in [6.45, 7) is 1.68. The summed E-state index contributed by atoms with van der Waals surface area (Å²) in [6, 6.07) is 7.03. The van der Waals surface area contributed by atoms with E-state index in [1.54, 1.807) is 42.8 Å². The second kappa shape index (κ2) is 5.73. The summed E-state index contributed by atoms with van der Waals surface area (Å²) in [5.74, 6) is 0.677. The quantitative estimate of drug-likeness (QED) is 0.609. The zero-order chi connectivity index (χ0) is 16.7. The zero-order valence-corrected chi connectivity index (χ0v) is 14.1. The van der Waals surface area contributed by atoms with Gasteiger partial charge >= 0.3 is 0 Å². The van der Waals surface area contributed by atoms with Gasteiger partial charge in [-0.2, -0.15) is 0 Å². The lowest BCUT2D eigenvalue weighted by Gasteiger charge is -2.10. The largest absolute Gasteiger partial charge is 0.464 e. The minimum absolute atomic E-state index is 0.324. The molecule has 8 heteroatoms. The van der Waals surface area contributed by atoms with Crippen LogP contribution in [0.4, 0.5) is 0 Å². The fourth-order valence-electron chi connectivity index (χ4n) is 2.40. The molecular formula is C16H11N3O3S2. The third-order valence-electron chi connectivity index (χ3n) is 3.52. The van der Waals surface area contributed by atoms with Crippen molar-refractivity contribution in [3.63, 3.8) is 0 Å². The van der Waals surface area contributed by atoms with Gasteiger partial charge in [0.2, 0.25) is 0 Å². The normalized spacial score (nSPS) is 11.0. The van der Waals surface area contributed by atoms with Gasteiger partial charge in [-0.15, -0.1) is 22.7 Å². The summed E-state index contributed by atoms with van der Waals surface area (Å²) in [6.07, 6.45) is 1.55. The molecule has 0 unspecified atom stereocenters. The molecule has 24 heavy (non-hydrogen) atoms. The molecule has 0 saturated carbocycles. The summed E-state index contributed by atoms with van der Waals surface area (Å²) in [5, 5.41) is 4.08. The number of hydrogen-bond donors (Lipinski definition) is 1. The minimum Gasteiger partial charge on any atom is -0.464 e. The first-order valence-electron chi connectivity index (χ1n) is 7.05. The van der Waals surface area contributed by atoms with Crippen molar-refractivity contribution < 1.29 is 9.21 Å². The van der Waals surface area contributed by atoms with E-state index in [9.17, 15) is 9.59 Å². The minimum atomic E-state index is -0.342. The van der Waals surface area contributed by atoms with Crippen LogP contribution < -0.4 is 11.0 Å². The Kier molecular flexibility index (Phi) is 3.55. The number of aromatic nitrogens is 2. The molecule has 0 radical (unpaired) electrons. The molecule has 4 rings (SSSR count). The van der Waals surface area contributed by atoms with Crippen LogP contribution in [0.5, 0.6) is 0 Å². The predicted octanol–water partition coefficient (Wildman–Crippen LogP) is 3.47. The Balaban J connectivity index is 1.86. The Morgan fingerprint density at radius 2 is 2.17 bits per heavy atom. The molecule has 0 fully saturated rings. The van der Waals surface area contributed by atoms with Crippen molar-refractivity contribution >= 4 is 38.8 Å². The van der Waals surface area contributed by atoms with Crippen LogP contribution in [0.3, 0.4) is 0 Å². The van der Waals surface area contributed by atoms with Gasteiger partial charge in [-0.3, -0.25) is 15.0 Å². The van der Waals surface area contributed by atoms with Crippen LogP contribution in [-0.4, -0.2) is 15.6 Å². The standard InChI is InChI=1S/C16H11N3O3S2/c1-9-17-15-13(10(8-24-15)11-4-2-6-22-11)16(21)19(9)18-14(20)12-5-3-7-23-12/h2-8H,1H3,(H,18,20). The van der Waals surface area contributed by atoms with E-state index in [4.69, 9.17) is 4.42 Å². The molecule has 120 valence electrons. The number of aryl methyl sites for hydroxylation is 1. The van der Waals surface area contributed by atoms with E-state index in [2.05, 4.69) is 10.4 Å². The lowest BCUT2D eigenvalue weighted by molar-refractivity contribution is 0.101. The number of fused-ring (bicyclic) bond motifs is 1. The molecule has 0 saturated heterocycles. The fraction of sp³-hybridized carbons (Fsp3) is 0.0625. The molecule has 0 aliphatic rings. The highest BCUT2D eigenvalue weighted by molar-refractivity contribution is 7.17. The number of furan rings is 1. The number of carbonyl (C=O) groups excluding carboxylic acids is 1. The van der Waals surface area contributed by atoms with Gasteiger partial charge in [0, 0.05) is 10.9 Å². The molecule has 4 aromatic heterocycles. The molecule has 0 atom stereocenters. The van der Waals surface area contributed by atoms with Gasteiger partial charge in [0.25, 0.3) is 11.5 Å². The number of thiophene rings is 2. The van der Waals surface area contributed by atoms with Gasteiger partial charge in [0.1, 0.15) is 16.4 Å². The van der Waals surface area contributed by atoms with E-state index in [0.29, 0.717) is 32.2 Å². The number of hydrogen-bond acceptors (Lipinski definition) is 6. The number of nitrogens with one attached hydrogen (secondary N) is 1. The van der Waals surface area contributed by atoms with Crippen LogP contribution in [0.2, 0.25) is 0 Å². The van der Waals surface area contributed by atoms with Crippen molar-refractivity contribution in [2.75, 3.05) is 5.43 Å². The van der Waals surface area contributed by atoms with Crippen molar-refractivity contribution in [3.8, 4) is 11.3 Å². The molecule has 0 bridgehead atoms. The summed E-state index contributed by atoms with van der Waals surface area (Å²) >= 11 is 2.68. The first-order valence-corrected chi connectivity index (χ1v) is 8.80. The second-order valence-corrected chi connectivity index (χ2v) is 6.83. The van der Waals surface area contributed by atoms with E-state index in [-0.39, 0.29) is 11.5 Å². The van der Waals surface area contributed by atoms with Crippen molar-refractivity contribution in [1.29, 1.82) is 0 Å². The Hall–Kier alpha value is -2.71. The maximum absolute atomic E-state index is 12.9. The average molecular weight is 357 g/mol. The van der Waals surface area contributed by atoms with Gasteiger partial charge in [-0.1, -0.05) is 6.07 Å². The Morgan fingerprint density at radius 1 is 1.29 bits per heavy atom. The van der Waals surface area contributed by atoms with E-state index >= 15 is 0 Å². The SMILES string of the molecule is Cc1nc2scc(-c3ccco3)c2c(=O)n1NC(=O)c1cccs1. The van der Waals surface area contributed by atoms with E-state index in [1.165, 1.54) is 27.3 Å². The molecule has 0 spiro atoms. The predicted molar refractivity (Wildman–Crippen MR) is 94.3 cm³/mol. The van der Waals surface area contributed by atoms with Crippen LogP contribution in [0.15, 0.2) is 50.5 Å². The van der Waals surface area contributed by atoms with Gasteiger partial charge in [0.15, 0.2) is 0 Å². The monoisotopic (exact) mass is 357 g/mol. The van der Waals surface area contributed by atoms with Gasteiger partial charge in [-0.05, 0) is 30.5 Å². The third kappa shape index (κ3) is 2.36. The highest BCUT2D eigenvalue weighted by atomic mass is 32.1. The van der Waals surface area contributed by atoms with Crippen LogP contribution in [0.1, 0.15) is 15.5 Å². The summed E-state index contributed by atoms with van der Waals surface area (Å²) in [4.78, 5) is 30.7. The van der Waals surface area contributed by atoms with Crippen molar-refractivity contribution in [3.05, 3.63) is 62.3 Å². The van der Waals surface area contributed by atoms with E-state index < -0.39 is 0 Å². The van der Waals surface area contributed by atoms with E-state index in [0.717, 1.165) is 0 Å². The van der Waals surface area contributed by atoms with Crippen LogP contribution >= 0.6 is 22.7 Å². The van der Waals surface area contributed by atoms with Gasteiger partial charge in [-0.25, -0.2) is 9.66 Å². The third-order valence-corrected chi connectivity index (χ3v) is 5.26. The Bertz CT molecular complexity index is 1080. The van der Waals surface area contributed by atoms with Crippen LogP contribution in [0.25, 0.3) is 21.5 Å². The topological polar surface area (TPSA) is 77.1 Å². The summed E-state index contributed by atoms with van der Waals surface area (Å²) < 4.78 is 6.58. The number of rotatable bonds is 3. The number of nitrogens with zero attached hydrogens (tertiary/aromatic N) is 2. The average Bonchev–Trinajstić information content (AvgIpc) is 3.30. The molecule has 0 aliphatic carbocycles. The smallest absolute Gasteiger partial charge is 0.281 e. The molecule has 6 nitrogen and oxygen atoms in total. The summed E-state index contributed by atoms with van der Waals surface area (Å²) in [5.41, 5.74) is 2.98. The first-order chi connectivity index (χ1) is 11.6. The summed E-state index contributed by atoms with van der Waals surface area (Å²) in [7, 11) is 0. The molecule has 0 aliphatic heterocycles. The lowest BCUT2D eigenvalue weighted by Crippen LogP contribution is -2.35. The molecule has 1 amide bonds. The highest BCUT2D eigenvalue weighted by Gasteiger charge is 2.18. The van der Waals surface area contributed by atoms with Crippen molar-refractivity contribution in [1.82, 2.24) is 9.66 Å². The number of carbonyl (C=O) groups is 1. The van der Waals surface area contributed by atoms with Crippen molar-refractivity contribution in [2.45, 2.75) is 6.92 Å². The molecular weight excluding hydrogens is 346 g/mol. The molecule has 4 heterocycles. The maximum Gasteiger partial charge on any atom is 0.281 e. The molecule has 4 aromatic rings. The van der Waals surface area contributed by atoms with Gasteiger partial charge < -0.3 is 4.42 Å². The lowest BCUT2D eigenvalue weighted by atomic mass is 10.2.